The third-order valence-corrected chi connectivity index (χ3v) is 3.68. The summed E-state index contributed by atoms with van der Waals surface area (Å²) < 4.78 is 16.2. The lowest BCUT2D eigenvalue weighted by Gasteiger charge is -2.18. The average molecular weight is 360 g/mol. The second-order valence-electron chi connectivity index (χ2n) is 5.62. The molecule has 0 spiro atoms. The zero-order valence-corrected chi connectivity index (χ0v) is 15.2. The summed E-state index contributed by atoms with van der Waals surface area (Å²) in [6, 6.07) is 8.24. The molecule has 0 fully saturated rings. The van der Waals surface area contributed by atoms with Crippen LogP contribution in [0.5, 0.6) is 0 Å². The molecular weight excluding hydrogens is 332 g/mol. The highest BCUT2D eigenvalue weighted by Gasteiger charge is 2.06. The van der Waals surface area contributed by atoms with Gasteiger partial charge in [-0.25, -0.2) is 0 Å². The summed E-state index contributed by atoms with van der Waals surface area (Å²) in [4.78, 5) is 0. The van der Waals surface area contributed by atoms with Crippen molar-refractivity contribution in [2.45, 2.75) is 6.23 Å². The van der Waals surface area contributed by atoms with Crippen molar-refractivity contribution in [2.24, 2.45) is 0 Å². The molecule has 0 amide bonds. The van der Waals surface area contributed by atoms with Crippen LogP contribution in [0.1, 0.15) is 5.56 Å². The van der Waals surface area contributed by atoms with Crippen LogP contribution in [0, 0.1) is 0 Å². The number of benzene rings is 1. The van der Waals surface area contributed by atoms with Crippen molar-refractivity contribution in [3.05, 3.63) is 59.8 Å². The number of aliphatic hydroxyl groups is 1. The van der Waals surface area contributed by atoms with Crippen molar-refractivity contribution in [2.75, 3.05) is 52.0 Å². The van der Waals surface area contributed by atoms with Crippen LogP contribution in [0.4, 0.5) is 5.69 Å². The van der Waals surface area contributed by atoms with Crippen LogP contribution in [-0.2, 0) is 14.2 Å². The molecule has 1 heterocycles. The molecule has 0 saturated heterocycles. The van der Waals surface area contributed by atoms with Gasteiger partial charge >= 0.3 is 0 Å². The van der Waals surface area contributed by atoms with Gasteiger partial charge in [0.15, 0.2) is 0 Å². The van der Waals surface area contributed by atoms with Gasteiger partial charge in [-0.15, -0.1) is 0 Å². The number of hydrogen-bond donors (Lipinski definition) is 3. The summed E-state index contributed by atoms with van der Waals surface area (Å²) in [6.07, 6.45) is 9.94. The second-order valence-corrected chi connectivity index (χ2v) is 5.62. The van der Waals surface area contributed by atoms with E-state index in [1.165, 1.54) is 0 Å². The van der Waals surface area contributed by atoms with Gasteiger partial charge in [-0.1, -0.05) is 30.4 Å². The normalized spacial score (nSPS) is 16.5. The molecule has 1 aromatic rings. The first-order valence-electron chi connectivity index (χ1n) is 8.80. The van der Waals surface area contributed by atoms with Gasteiger partial charge in [0.1, 0.15) is 6.23 Å². The summed E-state index contributed by atoms with van der Waals surface area (Å²) in [6.45, 7) is 2.38. The monoisotopic (exact) mass is 360 g/mol. The fraction of sp³-hybridized carbons (Fsp3) is 0.400. The van der Waals surface area contributed by atoms with Crippen LogP contribution >= 0.6 is 0 Å². The Kier molecular flexibility index (Phi) is 9.53. The number of dihydropyridines is 1. The summed E-state index contributed by atoms with van der Waals surface area (Å²) in [7, 11) is 1.91. The van der Waals surface area contributed by atoms with E-state index in [4.69, 9.17) is 19.3 Å². The zero-order valence-electron chi connectivity index (χ0n) is 15.2. The van der Waals surface area contributed by atoms with Gasteiger partial charge < -0.3 is 30.0 Å². The maximum atomic E-state index is 8.57. The minimum Gasteiger partial charge on any atom is -0.394 e. The van der Waals surface area contributed by atoms with Crippen LogP contribution in [0.3, 0.4) is 0 Å². The van der Waals surface area contributed by atoms with Gasteiger partial charge in [0.2, 0.25) is 0 Å². The van der Waals surface area contributed by atoms with Gasteiger partial charge in [0, 0.05) is 18.9 Å². The minimum absolute atomic E-state index is 0.0378. The summed E-state index contributed by atoms with van der Waals surface area (Å²) in [5, 5.41) is 14.9. The molecule has 1 atom stereocenters. The molecule has 6 heteroatoms. The van der Waals surface area contributed by atoms with E-state index >= 15 is 0 Å². The standard InChI is InChI=1S/C20H28N2O4/c1-21-19-7-4-17(5-8-19)2-3-18-6-9-20(22-16-18)26-15-14-25-13-12-24-11-10-23/h2-9,16,20-23H,10-15H2,1H3/b3-2+. The van der Waals surface area contributed by atoms with E-state index in [1.54, 1.807) is 0 Å². The Hall–Kier alpha value is -2.12. The zero-order chi connectivity index (χ0) is 18.5. The van der Waals surface area contributed by atoms with Gasteiger partial charge in [0.25, 0.3) is 0 Å². The number of rotatable bonds is 12. The van der Waals surface area contributed by atoms with E-state index in [-0.39, 0.29) is 12.8 Å². The number of aliphatic hydroxyl groups excluding tert-OH is 1. The Labute approximate surface area is 155 Å². The number of anilines is 1. The molecule has 0 aliphatic carbocycles. The quantitative estimate of drug-likeness (QED) is 0.496. The van der Waals surface area contributed by atoms with Gasteiger partial charge in [-0.2, -0.15) is 0 Å². The molecule has 1 unspecified atom stereocenters. The molecule has 0 radical (unpaired) electrons. The first-order valence-corrected chi connectivity index (χ1v) is 8.80. The lowest BCUT2D eigenvalue weighted by atomic mass is 10.1. The van der Waals surface area contributed by atoms with Gasteiger partial charge in [0.05, 0.1) is 39.6 Å². The Bertz CT molecular complexity index is 596. The predicted octanol–water partition coefficient (Wildman–Crippen LogP) is 2.15. The number of ether oxygens (including phenoxy) is 3. The van der Waals surface area contributed by atoms with Crippen LogP contribution in [0.2, 0.25) is 0 Å². The van der Waals surface area contributed by atoms with Crippen molar-refractivity contribution in [1.82, 2.24) is 5.32 Å². The highest BCUT2D eigenvalue weighted by Crippen LogP contribution is 2.13. The van der Waals surface area contributed by atoms with E-state index in [1.807, 2.05) is 37.5 Å². The largest absolute Gasteiger partial charge is 0.394 e. The average Bonchev–Trinajstić information content (AvgIpc) is 2.69. The maximum Gasteiger partial charge on any atom is 0.147 e. The fourth-order valence-electron chi connectivity index (χ4n) is 2.26. The molecule has 0 saturated carbocycles. The fourth-order valence-corrected chi connectivity index (χ4v) is 2.26. The highest BCUT2D eigenvalue weighted by atomic mass is 16.6. The second kappa shape index (κ2) is 12.3. The van der Waals surface area contributed by atoms with Crippen molar-refractivity contribution in [3.8, 4) is 0 Å². The first-order chi connectivity index (χ1) is 12.8. The molecular formula is C20H28N2O4. The summed E-state index contributed by atoms with van der Waals surface area (Å²) >= 11 is 0. The van der Waals surface area contributed by atoms with Crippen LogP contribution in [0.25, 0.3) is 6.08 Å². The van der Waals surface area contributed by atoms with E-state index < -0.39 is 0 Å². The molecule has 1 aliphatic heterocycles. The van der Waals surface area contributed by atoms with Crippen LogP contribution in [-0.4, -0.2) is 58.0 Å². The molecule has 3 N–H and O–H groups in total. The van der Waals surface area contributed by atoms with E-state index in [2.05, 4.69) is 34.9 Å². The van der Waals surface area contributed by atoms with E-state index in [0.717, 1.165) is 16.8 Å². The third-order valence-electron chi connectivity index (χ3n) is 3.68. The van der Waals surface area contributed by atoms with Gasteiger partial charge in [-0.05, 0) is 29.3 Å². The van der Waals surface area contributed by atoms with Gasteiger partial charge in [-0.3, -0.25) is 0 Å². The Balaban J connectivity index is 1.60. The molecule has 1 aliphatic rings. The van der Waals surface area contributed by atoms with Crippen molar-refractivity contribution >= 4 is 11.8 Å². The summed E-state index contributed by atoms with van der Waals surface area (Å²) in [5.74, 6) is 0. The maximum absolute atomic E-state index is 8.57. The molecule has 26 heavy (non-hydrogen) atoms. The lowest BCUT2D eigenvalue weighted by molar-refractivity contribution is -0.00791. The van der Waals surface area contributed by atoms with Crippen LogP contribution < -0.4 is 10.6 Å². The molecule has 1 aromatic carbocycles. The van der Waals surface area contributed by atoms with E-state index in [0.29, 0.717) is 33.0 Å². The SMILES string of the molecule is CNc1ccc(/C=C/C2=CNC(OCCOCCOCCO)C=C2)cc1. The van der Waals surface area contributed by atoms with Crippen molar-refractivity contribution < 1.29 is 19.3 Å². The third kappa shape index (κ3) is 7.84. The smallest absolute Gasteiger partial charge is 0.147 e. The lowest BCUT2D eigenvalue weighted by Crippen LogP contribution is -2.29. The molecule has 0 bridgehead atoms. The number of allylic oxidation sites excluding steroid dienone is 3. The number of hydrogen-bond acceptors (Lipinski definition) is 6. The molecule has 0 aromatic heterocycles. The minimum atomic E-state index is -0.142. The van der Waals surface area contributed by atoms with Crippen molar-refractivity contribution in [3.63, 3.8) is 0 Å². The van der Waals surface area contributed by atoms with E-state index in [9.17, 15) is 0 Å². The summed E-state index contributed by atoms with van der Waals surface area (Å²) in [5.41, 5.74) is 3.33. The molecule has 2 rings (SSSR count). The molecule has 6 nitrogen and oxygen atoms in total. The Morgan fingerprint density at radius 2 is 1.77 bits per heavy atom. The Morgan fingerprint density at radius 3 is 2.42 bits per heavy atom. The Morgan fingerprint density at radius 1 is 1.04 bits per heavy atom. The van der Waals surface area contributed by atoms with Crippen molar-refractivity contribution in [1.29, 1.82) is 0 Å². The highest BCUT2D eigenvalue weighted by molar-refractivity contribution is 5.58. The topological polar surface area (TPSA) is 72.0 Å². The molecule has 142 valence electrons. The van der Waals surface area contributed by atoms with Crippen LogP contribution in [0.15, 0.2) is 54.3 Å². The first kappa shape index (κ1) is 20.2. The predicted molar refractivity (Wildman–Crippen MR) is 104 cm³/mol. The number of nitrogens with one attached hydrogen (secondary N) is 2.